The molecule has 3 fully saturated rings. The largest absolute Gasteiger partial charge is 0.378 e. The fraction of sp³-hybridized carbons (Fsp3) is 0.933. The third-order valence-electron chi connectivity index (χ3n) is 10.8. The van der Waals surface area contributed by atoms with Crippen molar-refractivity contribution in [1.82, 2.24) is 0 Å². The summed E-state index contributed by atoms with van der Waals surface area (Å²) in [5, 5.41) is 0. The van der Waals surface area contributed by atoms with Crippen molar-refractivity contribution in [2.75, 3.05) is 6.61 Å². The van der Waals surface area contributed by atoms with Gasteiger partial charge in [0, 0.05) is 6.61 Å². The van der Waals surface area contributed by atoms with Crippen LogP contribution in [0.1, 0.15) is 119 Å². The van der Waals surface area contributed by atoms with Crippen molar-refractivity contribution in [3.8, 4) is 0 Å². The van der Waals surface area contributed by atoms with Gasteiger partial charge in [0.05, 0.1) is 6.10 Å². The molecule has 0 heterocycles. The highest BCUT2D eigenvalue weighted by atomic mass is 16.5. The molecule has 4 aliphatic rings. The van der Waals surface area contributed by atoms with E-state index < -0.39 is 0 Å². The monoisotopic (exact) mass is 428 g/mol. The van der Waals surface area contributed by atoms with Gasteiger partial charge in [-0.15, -0.1) is 0 Å². The topological polar surface area (TPSA) is 9.23 Å². The molecular formula is C30H52O. The normalized spacial score (nSPS) is 43.2. The quantitative estimate of drug-likeness (QED) is 0.351. The molecule has 0 aromatic rings. The summed E-state index contributed by atoms with van der Waals surface area (Å²) in [7, 11) is 0. The van der Waals surface area contributed by atoms with Crippen molar-refractivity contribution in [1.29, 1.82) is 0 Å². The van der Waals surface area contributed by atoms with Crippen molar-refractivity contribution in [3.63, 3.8) is 0 Å². The average Bonchev–Trinajstić information content (AvgIpc) is 3.09. The van der Waals surface area contributed by atoms with Gasteiger partial charge in [-0.2, -0.15) is 0 Å². The molecule has 1 nitrogen and oxygen atoms in total. The molecule has 0 aromatic heterocycles. The number of ether oxygens (including phenoxy) is 1. The summed E-state index contributed by atoms with van der Waals surface area (Å²) in [5.74, 6) is 5.62. The van der Waals surface area contributed by atoms with Crippen LogP contribution in [-0.4, -0.2) is 12.7 Å². The van der Waals surface area contributed by atoms with Crippen molar-refractivity contribution in [2.24, 2.45) is 46.3 Å². The highest BCUT2D eigenvalue weighted by molar-refractivity contribution is 5.25. The van der Waals surface area contributed by atoms with Gasteiger partial charge in [-0.25, -0.2) is 0 Å². The molecular weight excluding hydrogens is 376 g/mol. The van der Waals surface area contributed by atoms with Crippen LogP contribution in [0.25, 0.3) is 0 Å². The maximum Gasteiger partial charge on any atom is 0.0612 e. The van der Waals surface area contributed by atoms with Crippen LogP contribution in [0.4, 0.5) is 0 Å². The summed E-state index contributed by atoms with van der Waals surface area (Å²) in [5.41, 5.74) is 2.86. The molecule has 4 rings (SSSR count). The molecule has 0 N–H and O–H groups in total. The standard InChI is InChI=1S/C30H52O/c1-7-19-31-24-15-17-29(5)23(20-24)11-12-25-27-14-13-26(22(4)10-8-9-21(2)3)30(27,6)18-16-28(25)29/h11,21-22,24-28H,7-10,12-20H2,1-6H3/t22-,24+,25+,26-,27+,28+,29+,30-/m1/s1. The molecule has 0 spiro atoms. The average molecular weight is 429 g/mol. The van der Waals surface area contributed by atoms with Crippen LogP contribution in [0, 0.1) is 46.3 Å². The Kier molecular flexibility index (Phi) is 7.32. The summed E-state index contributed by atoms with van der Waals surface area (Å²) in [6, 6.07) is 0. The Balaban J connectivity index is 1.45. The van der Waals surface area contributed by atoms with E-state index in [1.165, 1.54) is 70.6 Å². The maximum absolute atomic E-state index is 6.19. The van der Waals surface area contributed by atoms with Crippen LogP contribution in [-0.2, 0) is 4.74 Å². The van der Waals surface area contributed by atoms with Gasteiger partial charge in [-0.1, -0.05) is 72.5 Å². The van der Waals surface area contributed by atoms with Crippen LogP contribution >= 0.6 is 0 Å². The summed E-state index contributed by atoms with van der Waals surface area (Å²) >= 11 is 0. The lowest BCUT2D eigenvalue weighted by Crippen LogP contribution is -2.51. The SMILES string of the molecule is CCCO[C@H]1CC[C@@]2(C)C(=CC[C@H]3[C@@H]4CC[C@H]([C@H](C)CCCC(C)C)[C@@]4(C)CC[C@@H]32)C1. The molecule has 0 unspecified atom stereocenters. The zero-order valence-corrected chi connectivity index (χ0v) is 21.7. The Labute approximate surface area is 194 Å². The van der Waals surface area contributed by atoms with Crippen LogP contribution in [0.15, 0.2) is 11.6 Å². The zero-order chi connectivity index (χ0) is 22.2. The first-order chi connectivity index (χ1) is 14.8. The third kappa shape index (κ3) is 4.43. The van der Waals surface area contributed by atoms with E-state index in [2.05, 4.69) is 47.6 Å². The lowest BCUT2D eigenvalue weighted by Gasteiger charge is -2.58. The molecule has 3 saturated carbocycles. The van der Waals surface area contributed by atoms with Crippen LogP contribution in [0.5, 0.6) is 0 Å². The molecule has 4 aliphatic carbocycles. The highest BCUT2D eigenvalue weighted by Gasteiger charge is 2.59. The fourth-order valence-electron chi connectivity index (χ4n) is 9.08. The number of rotatable bonds is 8. The molecule has 1 heteroatoms. The lowest BCUT2D eigenvalue weighted by atomic mass is 9.47. The molecule has 0 radical (unpaired) electrons. The van der Waals surface area contributed by atoms with Gasteiger partial charge in [0.1, 0.15) is 0 Å². The van der Waals surface area contributed by atoms with E-state index in [0.29, 0.717) is 16.9 Å². The molecule has 8 atom stereocenters. The van der Waals surface area contributed by atoms with E-state index in [1.807, 2.05) is 0 Å². The van der Waals surface area contributed by atoms with Gasteiger partial charge in [0.25, 0.3) is 0 Å². The molecule has 0 amide bonds. The Hall–Kier alpha value is -0.300. The van der Waals surface area contributed by atoms with E-state index in [9.17, 15) is 0 Å². The summed E-state index contributed by atoms with van der Waals surface area (Å²) in [4.78, 5) is 0. The van der Waals surface area contributed by atoms with E-state index >= 15 is 0 Å². The molecule has 31 heavy (non-hydrogen) atoms. The smallest absolute Gasteiger partial charge is 0.0612 e. The highest BCUT2D eigenvalue weighted by Crippen LogP contribution is 2.67. The van der Waals surface area contributed by atoms with Gasteiger partial charge in [0.15, 0.2) is 0 Å². The Morgan fingerprint density at radius 1 is 1.00 bits per heavy atom. The summed E-state index contributed by atoms with van der Waals surface area (Å²) in [6.07, 6.45) is 19.9. The second-order valence-corrected chi connectivity index (χ2v) is 13.0. The van der Waals surface area contributed by atoms with Gasteiger partial charge in [0.2, 0.25) is 0 Å². The first kappa shape index (κ1) is 23.8. The van der Waals surface area contributed by atoms with Crippen molar-refractivity contribution in [2.45, 2.75) is 125 Å². The van der Waals surface area contributed by atoms with E-state index in [1.54, 1.807) is 5.57 Å². The first-order valence-corrected chi connectivity index (χ1v) is 14.1. The van der Waals surface area contributed by atoms with Crippen LogP contribution in [0.2, 0.25) is 0 Å². The molecule has 0 saturated heterocycles. The van der Waals surface area contributed by atoms with Gasteiger partial charge in [-0.05, 0) is 104 Å². The minimum atomic E-state index is 0.470. The van der Waals surface area contributed by atoms with E-state index in [-0.39, 0.29) is 0 Å². The first-order valence-electron chi connectivity index (χ1n) is 14.1. The van der Waals surface area contributed by atoms with E-state index in [4.69, 9.17) is 4.74 Å². The second kappa shape index (κ2) is 9.52. The van der Waals surface area contributed by atoms with E-state index in [0.717, 1.165) is 48.5 Å². The molecule has 0 aliphatic heterocycles. The minimum Gasteiger partial charge on any atom is -0.378 e. The third-order valence-corrected chi connectivity index (χ3v) is 10.8. The van der Waals surface area contributed by atoms with Crippen molar-refractivity contribution >= 4 is 0 Å². The van der Waals surface area contributed by atoms with Crippen molar-refractivity contribution < 1.29 is 4.74 Å². The number of hydrogen-bond acceptors (Lipinski definition) is 1. The molecule has 178 valence electrons. The minimum absolute atomic E-state index is 0.470. The van der Waals surface area contributed by atoms with Crippen LogP contribution in [0.3, 0.4) is 0 Å². The maximum atomic E-state index is 6.19. The zero-order valence-electron chi connectivity index (χ0n) is 21.7. The summed E-state index contributed by atoms with van der Waals surface area (Å²) < 4.78 is 6.19. The Morgan fingerprint density at radius 3 is 2.55 bits per heavy atom. The molecule has 0 aromatic carbocycles. The van der Waals surface area contributed by atoms with Gasteiger partial charge < -0.3 is 4.74 Å². The Morgan fingerprint density at radius 2 is 1.81 bits per heavy atom. The molecule has 0 bridgehead atoms. The number of hydrogen-bond donors (Lipinski definition) is 0. The number of allylic oxidation sites excluding steroid dienone is 1. The fourth-order valence-corrected chi connectivity index (χ4v) is 9.08. The van der Waals surface area contributed by atoms with Crippen LogP contribution < -0.4 is 0 Å². The predicted octanol–water partition coefficient (Wildman–Crippen LogP) is 8.82. The second-order valence-electron chi connectivity index (χ2n) is 13.0. The predicted molar refractivity (Wildman–Crippen MR) is 133 cm³/mol. The van der Waals surface area contributed by atoms with Gasteiger partial charge >= 0.3 is 0 Å². The lowest BCUT2D eigenvalue weighted by molar-refractivity contribution is -0.0638. The summed E-state index contributed by atoms with van der Waals surface area (Å²) in [6.45, 7) is 15.9. The van der Waals surface area contributed by atoms with Gasteiger partial charge in [-0.3, -0.25) is 0 Å². The van der Waals surface area contributed by atoms with Crippen molar-refractivity contribution in [3.05, 3.63) is 11.6 Å². The Bertz CT molecular complexity index is 634. The number of fused-ring (bicyclic) bond motifs is 5.